The monoisotopic (exact) mass is 389 g/mol. The summed E-state index contributed by atoms with van der Waals surface area (Å²) in [7, 11) is 2.87. The van der Waals surface area contributed by atoms with Crippen molar-refractivity contribution in [1.29, 1.82) is 0 Å². The molecule has 0 unspecified atom stereocenters. The fourth-order valence-corrected chi connectivity index (χ4v) is 3.13. The van der Waals surface area contributed by atoms with Crippen LogP contribution in [0.2, 0.25) is 0 Å². The zero-order valence-corrected chi connectivity index (χ0v) is 16.2. The number of fused-ring (bicyclic) bond motifs is 1. The lowest BCUT2D eigenvalue weighted by Crippen LogP contribution is -2.15. The van der Waals surface area contributed by atoms with Crippen molar-refractivity contribution in [3.63, 3.8) is 0 Å². The molecule has 0 fully saturated rings. The van der Waals surface area contributed by atoms with Gasteiger partial charge in [0, 0.05) is 18.1 Å². The molecule has 0 amide bonds. The molecule has 146 valence electrons. The largest absolute Gasteiger partial charge is 0.497 e. The van der Waals surface area contributed by atoms with Crippen molar-refractivity contribution in [3.8, 4) is 28.4 Å². The molecule has 2 aromatic rings. The van der Waals surface area contributed by atoms with Gasteiger partial charge in [0.2, 0.25) is 0 Å². The van der Waals surface area contributed by atoms with Crippen LogP contribution in [-0.4, -0.2) is 34.5 Å². The Morgan fingerprint density at radius 2 is 1.59 bits per heavy atom. The summed E-state index contributed by atoms with van der Waals surface area (Å²) in [6, 6.07) is 14.7. The van der Waals surface area contributed by atoms with E-state index in [0.29, 0.717) is 22.7 Å². The van der Waals surface area contributed by atoms with Crippen LogP contribution < -0.4 is 10.3 Å². The van der Waals surface area contributed by atoms with Gasteiger partial charge >= 0.3 is 5.97 Å². The second-order valence-corrected chi connectivity index (χ2v) is 6.58. The molecule has 0 saturated heterocycles. The van der Waals surface area contributed by atoms with Gasteiger partial charge in [-0.1, -0.05) is 17.7 Å². The first kappa shape index (κ1) is 18.5. The number of benzene rings is 2. The highest BCUT2D eigenvalue weighted by molar-refractivity contribution is 5.96. The Balaban J connectivity index is 1.94. The number of pyridine rings is 1. The van der Waals surface area contributed by atoms with Gasteiger partial charge in [-0.2, -0.15) is 9.78 Å². The van der Waals surface area contributed by atoms with Gasteiger partial charge in [-0.3, -0.25) is 4.79 Å². The number of hydrogen-bond acceptors (Lipinski definition) is 5. The van der Waals surface area contributed by atoms with Gasteiger partial charge in [-0.25, -0.2) is 4.79 Å². The molecule has 0 radical (unpaired) electrons. The van der Waals surface area contributed by atoms with E-state index in [2.05, 4.69) is 5.10 Å². The summed E-state index contributed by atoms with van der Waals surface area (Å²) in [5.74, 6) is 0.112. The minimum atomic E-state index is -0.559. The van der Waals surface area contributed by atoms with E-state index in [0.717, 1.165) is 11.3 Å². The van der Waals surface area contributed by atoms with E-state index in [4.69, 9.17) is 9.47 Å². The predicted octanol–water partition coefficient (Wildman–Crippen LogP) is 3.23. The summed E-state index contributed by atoms with van der Waals surface area (Å²) >= 11 is 0. The van der Waals surface area contributed by atoms with E-state index in [1.165, 1.54) is 11.8 Å². The first-order valence-corrected chi connectivity index (χ1v) is 8.96. The van der Waals surface area contributed by atoms with E-state index >= 15 is 0 Å². The first-order chi connectivity index (χ1) is 14.0. The van der Waals surface area contributed by atoms with Gasteiger partial charge in [0.05, 0.1) is 25.5 Å². The Bertz CT molecular complexity index is 1200. The number of rotatable bonds is 4. The van der Waals surface area contributed by atoms with Crippen molar-refractivity contribution < 1.29 is 14.3 Å². The molecule has 0 spiro atoms. The third-order valence-electron chi connectivity index (χ3n) is 4.72. The second kappa shape index (κ2) is 7.27. The van der Waals surface area contributed by atoms with Crippen LogP contribution in [0.5, 0.6) is 5.75 Å². The van der Waals surface area contributed by atoms with Crippen LogP contribution in [0.15, 0.2) is 65.7 Å². The van der Waals surface area contributed by atoms with Crippen LogP contribution in [0.4, 0.5) is 0 Å². The minimum Gasteiger partial charge on any atom is -0.497 e. The summed E-state index contributed by atoms with van der Waals surface area (Å²) in [6.07, 6.45) is 3.31. The number of aromatic nitrogens is 3. The van der Waals surface area contributed by atoms with Crippen molar-refractivity contribution in [1.82, 2.24) is 14.3 Å². The number of aryl methyl sites for hydroxylation is 1. The zero-order chi connectivity index (χ0) is 20.5. The Labute approximate surface area is 167 Å². The summed E-state index contributed by atoms with van der Waals surface area (Å²) in [6.45, 7) is 1.99. The fraction of sp³-hybridized carbons (Fsp3) is 0.136. The van der Waals surface area contributed by atoms with Crippen LogP contribution >= 0.6 is 0 Å². The summed E-state index contributed by atoms with van der Waals surface area (Å²) in [5, 5.41) is 4.41. The minimum absolute atomic E-state index is 0.218. The summed E-state index contributed by atoms with van der Waals surface area (Å²) in [5.41, 5.74) is 3.02. The van der Waals surface area contributed by atoms with Crippen molar-refractivity contribution in [3.05, 3.63) is 82.4 Å². The Hall–Kier alpha value is -3.87. The molecule has 7 heteroatoms. The van der Waals surface area contributed by atoms with Crippen molar-refractivity contribution >= 4 is 5.97 Å². The number of nitrogens with zero attached hydrogens (tertiary/aromatic N) is 3. The lowest BCUT2D eigenvalue weighted by molar-refractivity contribution is 0.0600. The van der Waals surface area contributed by atoms with Crippen LogP contribution in [0, 0.1) is 6.92 Å². The molecule has 0 aliphatic carbocycles. The second-order valence-electron chi connectivity index (χ2n) is 6.58. The summed E-state index contributed by atoms with van der Waals surface area (Å²) in [4.78, 5) is 25.5. The highest BCUT2D eigenvalue weighted by Crippen LogP contribution is 2.25. The molecule has 4 rings (SSSR count). The molecular weight excluding hydrogens is 370 g/mol. The maximum atomic E-state index is 13.1. The number of hydrogen-bond donors (Lipinski definition) is 0. The van der Waals surface area contributed by atoms with Crippen LogP contribution in [0.25, 0.3) is 22.6 Å². The number of methoxy groups -OCH3 is 2. The predicted molar refractivity (Wildman–Crippen MR) is 108 cm³/mol. The number of carbonyl (C=O) groups excluding carboxylic acids is 1. The lowest BCUT2D eigenvalue weighted by Gasteiger charge is -2.11. The Morgan fingerprint density at radius 1 is 0.931 bits per heavy atom. The van der Waals surface area contributed by atoms with Crippen LogP contribution in [-0.2, 0) is 4.74 Å². The van der Waals surface area contributed by atoms with Crippen molar-refractivity contribution in [2.45, 2.75) is 6.92 Å². The Morgan fingerprint density at radius 3 is 2.21 bits per heavy atom. The topological polar surface area (TPSA) is 75.3 Å². The number of ether oxygens (including phenoxy) is 2. The maximum absolute atomic E-state index is 13.1. The summed E-state index contributed by atoms with van der Waals surface area (Å²) < 4.78 is 13.1. The third kappa shape index (κ3) is 3.27. The highest BCUT2D eigenvalue weighted by atomic mass is 16.5. The lowest BCUT2D eigenvalue weighted by atomic mass is 10.1. The molecule has 0 N–H and O–H groups in total. The average molecular weight is 389 g/mol. The molecule has 7 nitrogen and oxygen atoms in total. The maximum Gasteiger partial charge on any atom is 0.341 e. The normalized spacial score (nSPS) is 10.9. The molecule has 0 bridgehead atoms. The van der Waals surface area contributed by atoms with Gasteiger partial charge < -0.3 is 14.0 Å². The Kier molecular flexibility index (Phi) is 4.64. The number of carbonyl (C=O) groups is 1. The van der Waals surface area contributed by atoms with Crippen LogP contribution in [0.3, 0.4) is 0 Å². The fourth-order valence-electron chi connectivity index (χ4n) is 3.13. The molecule has 29 heavy (non-hydrogen) atoms. The molecule has 2 heterocycles. The van der Waals surface area contributed by atoms with Gasteiger partial charge in [-0.05, 0) is 43.3 Å². The molecule has 0 saturated carbocycles. The van der Waals surface area contributed by atoms with Gasteiger partial charge in [0.1, 0.15) is 17.0 Å². The van der Waals surface area contributed by atoms with E-state index in [9.17, 15) is 9.59 Å². The van der Waals surface area contributed by atoms with E-state index in [1.54, 1.807) is 48.3 Å². The van der Waals surface area contributed by atoms with E-state index in [1.807, 2.05) is 31.2 Å². The molecular formula is C22H19N3O4. The van der Waals surface area contributed by atoms with E-state index < -0.39 is 5.97 Å². The first-order valence-electron chi connectivity index (χ1n) is 8.96. The van der Waals surface area contributed by atoms with Crippen molar-refractivity contribution in [2.24, 2.45) is 0 Å². The molecule has 0 atom stereocenters. The van der Waals surface area contributed by atoms with Gasteiger partial charge in [-0.15, -0.1) is 0 Å². The highest BCUT2D eigenvalue weighted by Gasteiger charge is 2.25. The standard InChI is InChI=1S/C22H19N3O4/c1-14-4-6-15(7-5-14)24-12-18-20(19(13-24)22(27)29-3)23-25(21(18)26)16-8-10-17(28-2)11-9-16/h4-13H,1-3H3. The van der Waals surface area contributed by atoms with Gasteiger partial charge in [0.15, 0.2) is 0 Å². The average Bonchev–Trinajstić information content (AvgIpc) is 3.09. The smallest absolute Gasteiger partial charge is 0.341 e. The van der Waals surface area contributed by atoms with Gasteiger partial charge in [0.25, 0.3) is 5.56 Å². The molecule has 2 aliphatic heterocycles. The molecule has 2 aliphatic rings. The number of esters is 1. The van der Waals surface area contributed by atoms with E-state index in [-0.39, 0.29) is 11.1 Å². The molecule has 0 aromatic heterocycles. The van der Waals surface area contributed by atoms with Crippen LogP contribution in [0.1, 0.15) is 15.9 Å². The molecule has 2 aromatic carbocycles. The van der Waals surface area contributed by atoms with Crippen molar-refractivity contribution in [2.75, 3.05) is 14.2 Å². The quantitative estimate of drug-likeness (QED) is 0.501. The SMILES string of the molecule is COC(=O)c1cn(-c2ccc(C)cc2)cc2c(=O)n(-c3ccc(OC)cc3)nc1-2. The third-order valence-corrected chi connectivity index (χ3v) is 4.72. The zero-order valence-electron chi connectivity index (χ0n) is 16.2.